The first-order valence-corrected chi connectivity index (χ1v) is 9.12. The molecule has 2 aromatic rings. The van der Waals surface area contributed by atoms with Gasteiger partial charge in [-0.1, -0.05) is 18.2 Å². The zero-order valence-electron chi connectivity index (χ0n) is 15.5. The van der Waals surface area contributed by atoms with E-state index >= 15 is 0 Å². The molecule has 0 fully saturated rings. The molecule has 0 radical (unpaired) electrons. The van der Waals surface area contributed by atoms with E-state index < -0.39 is 11.8 Å². The van der Waals surface area contributed by atoms with Crippen LogP contribution in [0.3, 0.4) is 0 Å². The molecule has 1 N–H and O–H groups in total. The van der Waals surface area contributed by atoms with Crippen LogP contribution in [0.5, 0.6) is 0 Å². The summed E-state index contributed by atoms with van der Waals surface area (Å²) in [5.74, 6) is -1.13. The summed E-state index contributed by atoms with van der Waals surface area (Å²) in [4.78, 5) is 29.0. The largest absolute Gasteiger partial charge is 0.372 e. The van der Waals surface area contributed by atoms with E-state index in [0.717, 1.165) is 36.4 Å². The van der Waals surface area contributed by atoms with Crippen LogP contribution < -0.4 is 15.1 Å². The van der Waals surface area contributed by atoms with E-state index in [1.165, 1.54) is 0 Å². The van der Waals surface area contributed by atoms with Crippen molar-refractivity contribution < 1.29 is 9.59 Å². The lowest BCUT2D eigenvalue weighted by molar-refractivity contribution is -0.134. The van der Waals surface area contributed by atoms with Crippen molar-refractivity contribution in [2.75, 3.05) is 28.2 Å². The van der Waals surface area contributed by atoms with Crippen LogP contribution in [0, 0.1) is 0 Å². The fourth-order valence-electron chi connectivity index (χ4n) is 3.51. The molecule has 0 spiro atoms. The number of benzene rings is 2. The fourth-order valence-corrected chi connectivity index (χ4v) is 3.51. The van der Waals surface area contributed by atoms with E-state index in [1.54, 1.807) is 4.90 Å². The van der Waals surface area contributed by atoms with Gasteiger partial charge < -0.3 is 15.1 Å². The lowest BCUT2D eigenvalue weighted by atomic mass is 10.1. The second kappa shape index (κ2) is 7.60. The van der Waals surface area contributed by atoms with Gasteiger partial charge >= 0.3 is 11.8 Å². The zero-order valence-corrected chi connectivity index (χ0v) is 15.5. The average molecular weight is 351 g/mol. The predicted molar refractivity (Wildman–Crippen MR) is 106 cm³/mol. The number of para-hydroxylation sites is 1. The van der Waals surface area contributed by atoms with Crippen LogP contribution in [0.2, 0.25) is 0 Å². The van der Waals surface area contributed by atoms with Crippen molar-refractivity contribution in [1.82, 2.24) is 0 Å². The highest BCUT2D eigenvalue weighted by Gasteiger charge is 2.34. The van der Waals surface area contributed by atoms with Gasteiger partial charge in [0.05, 0.1) is 0 Å². The second-order valence-electron chi connectivity index (χ2n) is 6.53. The Bertz CT molecular complexity index is 797. The van der Waals surface area contributed by atoms with Crippen LogP contribution in [0.15, 0.2) is 48.5 Å². The van der Waals surface area contributed by atoms with Crippen molar-refractivity contribution in [2.45, 2.75) is 33.2 Å². The van der Waals surface area contributed by atoms with Gasteiger partial charge in [0.25, 0.3) is 0 Å². The zero-order chi connectivity index (χ0) is 18.7. The van der Waals surface area contributed by atoms with Crippen LogP contribution >= 0.6 is 0 Å². The van der Waals surface area contributed by atoms with Gasteiger partial charge in [-0.25, -0.2) is 0 Å². The third kappa shape index (κ3) is 3.43. The minimum absolute atomic E-state index is 0.0179. The Labute approximate surface area is 154 Å². The third-order valence-corrected chi connectivity index (χ3v) is 4.87. The maximum absolute atomic E-state index is 12.7. The number of rotatable bonds is 4. The number of fused-ring (bicyclic) bond motifs is 1. The Hall–Kier alpha value is -2.82. The molecule has 3 rings (SSSR count). The summed E-state index contributed by atoms with van der Waals surface area (Å²) < 4.78 is 0. The molecule has 1 aliphatic heterocycles. The highest BCUT2D eigenvalue weighted by atomic mass is 16.2. The molecule has 26 heavy (non-hydrogen) atoms. The Morgan fingerprint density at radius 1 is 1.08 bits per heavy atom. The maximum Gasteiger partial charge on any atom is 0.316 e. The molecule has 5 nitrogen and oxygen atoms in total. The minimum Gasteiger partial charge on any atom is -0.372 e. The van der Waals surface area contributed by atoms with Gasteiger partial charge in [-0.3, -0.25) is 9.59 Å². The van der Waals surface area contributed by atoms with Crippen molar-refractivity contribution in [1.29, 1.82) is 0 Å². The van der Waals surface area contributed by atoms with Crippen molar-refractivity contribution in [3.63, 3.8) is 0 Å². The second-order valence-corrected chi connectivity index (χ2v) is 6.53. The SMILES string of the molecule is CCN(CC)c1ccc(NC(=O)C(=O)N2c3ccccc3CC2C)cc1. The number of nitrogens with zero attached hydrogens (tertiary/aromatic N) is 2. The quantitative estimate of drug-likeness (QED) is 0.859. The van der Waals surface area contributed by atoms with E-state index in [0.29, 0.717) is 5.69 Å². The molecule has 1 heterocycles. The summed E-state index contributed by atoms with van der Waals surface area (Å²) >= 11 is 0. The first kappa shape index (κ1) is 18.0. The van der Waals surface area contributed by atoms with Gasteiger partial charge in [0, 0.05) is 36.2 Å². The summed E-state index contributed by atoms with van der Waals surface area (Å²) in [6.45, 7) is 8.02. The van der Waals surface area contributed by atoms with Crippen molar-refractivity contribution in [3.8, 4) is 0 Å². The van der Waals surface area contributed by atoms with E-state index in [-0.39, 0.29) is 6.04 Å². The number of hydrogen-bond acceptors (Lipinski definition) is 3. The lowest BCUT2D eigenvalue weighted by Gasteiger charge is -2.22. The normalized spacial score (nSPS) is 15.5. The molecule has 2 aromatic carbocycles. The van der Waals surface area contributed by atoms with Gasteiger partial charge in [0.15, 0.2) is 0 Å². The van der Waals surface area contributed by atoms with Gasteiger partial charge in [-0.15, -0.1) is 0 Å². The molecule has 0 aliphatic carbocycles. The molecule has 0 saturated carbocycles. The standard InChI is InChI=1S/C21H25N3O2/c1-4-23(5-2)18-12-10-17(11-13-18)22-20(25)21(26)24-15(3)14-16-8-6-7-9-19(16)24/h6-13,15H,4-5,14H2,1-3H3,(H,22,25). The smallest absolute Gasteiger partial charge is 0.316 e. The molecule has 1 atom stereocenters. The average Bonchev–Trinajstić information content (AvgIpc) is 2.99. The van der Waals surface area contributed by atoms with E-state index in [2.05, 4.69) is 24.1 Å². The predicted octanol–water partition coefficient (Wildman–Crippen LogP) is 3.45. The van der Waals surface area contributed by atoms with E-state index in [4.69, 9.17) is 0 Å². The number of carbonyl (C=O) groups excluding carboxylic acids is 2. The van der Waals surface area contributed by atoms with Gasteiger partial charge in [0.2, 0.25) is 0 Å². The molecule has 0 saturated heterocycles. The fraction of sp³-hybridized carbons (Fsp3) is 0.333. The lowest BCUT2D eigenvalue weighted by Crippen LogP contribution is -2.43. The molecular weight excluding hydrogens is 326 g/mol. The third-order valence-electron chi connectivity index (χ3n) is 4.87. The number of nitrogens with one attached hydrogen (secondary N) is 1. The first-order valence-electron chi connectivity index (χ1n) is 9.12. The number of carbonyl (C=O) groups is 2. The maximum atomic E-state index is 12.7. The Kier molecular flexibility index (Phi) is 5.26. The van der Waals surface area contributed by atoms with Crippen LogP contribution in [0.1, 0.15) is 26.3 Å². The molecule has 5 heteroatoms. The van der Waals surface area contributed by atoms with Gasteiger partial charge in [-0.2, -0.15) is 0 Å². The topological polar surface area (TPSA) is 52.7 Å². The number of amides is 2. The summed E-state index contributed by atoms with van der Waals surface area (Å²) in [7, 11) is 0. The first-order chi connectivity index (χ1) is 12.5. The van der Waals surface area contributed by atoms with Crippen molar-refractivity contribution in [3.05, 3.63) is 54.1 Å². The van der Waals surface area contributed by atoms with E-state index in [1.807, 2.05) is 55.5 Å². The van der Waals surface area contributed by atoms with Gasteiger partial charge in [-0.05, 0) is 63.1 Å². The summed E-state index contributed by atoms with van der Waals surface area (Å²) in [5, 5.41) is 2.72. The summed E-state index contributed by atoms with van der Waals surface area (Å²) in [6, 6.07) is 15.3. The van der Waals surface area contributed by atoms with Crippen LogP contribution in [-0.2, 0) is 16.0 Å². The molecule has 0 aromatic heterocycles. The minimum atomic E-state index is -0.607. The summed E-state index contributed by atoms with van der Waals surface area (Å²) in [5.41, 5.74) is 3.66. The van der Waals surface area contributed by atoms with Crippen LogP contribution in [-0.4, -0.2) is 30.9 Å². The molecule has 1 aliphatic rings. The monoisotopic (exact) mass is 351 g/mol. The Balaban J connectivity index is 1.71. The summed E-state index contributed by atoms with van der Waals surface area (Å²) in [6.07, 6.45) is 0.772. The molecule has 1 unspecified atom stereocenters. The highest BCUT2D eigenvalue weighted by molar-refractivity contribution is 6.44. The Morgan fingerprint density at radius 3 is 2.38 bits per heavy atom. The van der Waals surface area contributed by atoms with Crippen LogP contribution in [0.25, 0.3) is 0 Å². The number of hydrogen-bond donors (Lipinski definition) is 1. The molecule has 2 amide bonds. The molecule has 0 bridgehead atoms. The van der Waals surface area contributed by atoms with Gasteiger partial charge in [0.1, 0.15) is 0 Å². The Morgan fingerprint density at radius 2 is 1.73 bits per heavy atom. The van der Waals surface area contributed by atoms with Crippen molar-refractivity contribution >= 4 is 28.9 Å². The molecular formula is C21H25N3O2. The number of anilines is 3. The highest BCUT2D eigenvalue weighted by Crippen LogP contribution is 2.32. The van der Waals surface area contributed by atoms with Crippen molar-refractivity contribution in [2.24, 2.45) is 0 Å². The molecule has 136 valence electrons. The van der Waals surface area contributed by atoms with Crippen LogP contribution in [0.4, 0.5) is 17.1 Å². The van der Waals surface area contributed by atoms with E-state index in [9.17, 15) is 9.59 Å².